The summed E-state index contributed by atoms with van der Waals surface area (Å²) in [6, 6.07) is 6.26. The Kier molecular flexibility index (Phi) is 3.55. The van der Waals surface area contributed by atoms with Crippen molar-refractivity contribution in [3.8, 4) is 22.8 Å². The average Bonchev–Trinajstić information content (AvgIpc) is 3.47. The Morgan fingerprint density at radius 1 is 1.10 bits per heavy atom. The van der Waals surface area contributed by atoms with E-state index in [0.717, 1.165) is 60.7 Å². The first-order chi connectivity index (χ1) is 14.2. The zero-order chi connectivity index (χ0) is 19.6. The van der Waals surface area contributed by atoms with Crippen LogP contribution in [0.25, 0.3) is 11.1 Å². The SMILES string of the molecule is COc1ccc([C@H]2C[C@]23C[C@H]3Oc2ncc(C)cc2-c2cnn3c2CCC3)nc1. The topological polar surface area (TPSA) is 62.1 Å². The van der Waals surface area contributed by atoms with E-state index in [2.05, 4.69) is 38.8 Å². The van der Waals surface area contributed by atoms with Crippen molar-refractivity contribution in [3.05, 3.63) is 53.7 Å². The molecule has 3 aliphatic rings. The minimum Gasteiger partial charge on any atom is -0.495 e. The van der Waals surface area contributed by atoms with Crippen LogP contribution >= 0.6 is 0 Å². The van der Waals surface area contributed by atoms with Gasteiger partial charge in [0, 0.05) is 46.6 Å². The van der Waals surface area contributed by atoms with Crippen LogP contribution in [0.5, 0.6) is 11.6 Å². The highest BCUT2D eigenvalue weighted by molar-refractivity contribution is 5.71. The van der Waals surface area contributed by atoms with Gasteiger partial charge in [-0.15, -0.1) is 0 Å². The summed E-state index contributed by atoms with van der Waals surface area (Å²) >= 11 is 0. The first kappa shape index (κ1) is 17.0. The molecule has 1 spiro atoms. The number of aryl methyl sites for hydroxylation is 2. The molecule has 0 unspecified atom stereocenters. The molecule has 29 heavy (non-hydrogen) atoms. The molecule has 6 heteroatoms. The number of aromatic nitrogens is 4. The van der Waals surface area contributed by atoms with Gasteiger partial charge in [-0.25, -0.2) is 4.98 Å². The molecule has 6 nitrogen and oxygen atoms in total. The lowest BCUT2D eigenvalue weighted by atomic mass is 10.0. The fraction of sp³-hybridized carbons (Fsp3) is 0.435. The molecule has 2 aliphatic carbocycles. The van der Waals surface area contributed by atoms with E-state index < -0.39 is 0 Å². The lowest BCUT2D eigenvalue weighted by Gasteiger charge is -2.11. The van der Waals surface area contributed by atoms with Crippen LogP contribution in [0.2, 0.25) is 0 Å². The Bertz CT molecular complexity index is 1090. The van der Waals surface area contributed by atoms with E-state index in [1.165, 1.54) is 11.3 Å². The molecule has 3 aromatic rings. The predicted octanol–water partition coefficient (Wildman–Crippen LogP) is 3.93. The fourth-order valence-corrected chi connectivity index (χ4v) is 4.93. The van der Waals surface area contributed by atoms with Gasteiger partial charge in [0.25, 0.3) is 0 Å². The molecule has 1 aliphatic heterocycles. The van der Waals surface area contributed by atoms with Crippen molar-refractivity contribution in [3.63, 3.8) is 0 Å². The van der Waals surface area contributed by atoms with E-state index in [1.807, 2.05) is 18.5 Å². The summed E-state index contributed by atoms with van der Waals surface area (Å²) in [7, 11) is 1.67. The van der Waals surface area contributed by atoms with Gasteiger partial charge in [-0.2, -0.15) is 5.10 Å². The second-order valence-corrected chi connectivity index (χ2v) is 8.62. The van der Waals surface area contributed by atoms with Crippen LogP contribution in [0.4, 0.5) is 0 Å². The van der Waals surface area contributed by atoms with E-state index in [4.69, 9.17) is 9.47 Å². The number of hydrogen-bond donors (Lipinski definition) is 0. The summed E-state index contributed by atoms with van der Waals surface area (Å²) in [4.78, 5) is 9.25. The fourth-order valence-electron chi connectivity index (χ4n) is 4.93. The van der Waals surface area contributed by atoms with Gasteiger partial charge < -0.3 is 9.47 Å². The van der Waals surface area contributed by atoms with E-state index >= 15 is 0 Å². The monoisotopic (exact) mass is 388 g/mol. The largest absolute Gasteiger partial charge is 0.495 e. The van der Waals surface area contributed by atoms with Crippen molar-refractivity contribution in [2.24, 2.45) is 5.41 Å². The third-order valence-corrected chi connectivity index (χ3v) is 6.78. The second-order valence-electron chi connectivity index (χ2n) is 8.62. The van der Waals surface area contributed by atoms with Crippen molar-refractivity contribution < 1.29 is 9.47 Å². The van der Waals surface area contributed by atoms with Gasteiger partial charge in [0.1, 0.15) is 11.9 Å². The Morgan fingerprint density at radius 3 is 2.86 bits per heavy atom. The summed E-state index contributed by atoms with van der Waals surface area (Å²) in [5.41, 5.74) is 6.08. The van der Waals surface area contributed by atoms with Gasteiger partial charge in [0.15, 0.2) is 0 Å². The van der Waals surface area contributed by atoms with Crippen molar-refractivity contribution in [1.82, 2.24) is 19.7 Å². The van der Waals surface area contributed by atoms with Crippen molar-refractivity contribution in [2.75, 3.05) is 7.11 Å². The number of rotatable bonds is 5. The molecule has 0 amide bonds. The third kappa shape index (κ3) is 2.65. The van der Waals surface area contributed by atoms with Gasteiger partial charge in [-0.3, -0.25) is 9.67 Å². The second kappa shape index (κ2) is 6.05. The van der Waals surface area contributed by atoms with E-state index in [0.29, 0.717) is 5.92 Å². The smallest absolute Gasteiger partial charge is 0.221 e. The highest BCUT2D eigenvalue weighted by atomic mass is 16.5. The molecule has 3 atom stereocenters. The van der Waals surface area contributed by atoms with Gasteiger partial charge in [-0.1, -0.05) is 0 Å². The Morgan fingerprint density at radius 2 is 2.03 bits per heavy atom. The zero-order valence-electron chi connectivity index (χ0n) is 16.8. The van der Waals surface area contributed by atoms with Gasteiger partial charge >= 0.3 is 0 Å². The number of pyridine rings is 2. The molecule has 2 fully saturated rings. The van der Waals surface area contributed by atoms with Gasteiger partial charge in [0.05, 0.1) is 19.5 Å². The highest BCUT2D eigenvalue weighted by Crippen LogP contribution is 2.75. The minimum atomic E-state index is 0.217. The molecule has 2 saturated carbocycles. The quantitative estimate of drug-likeness (QED) is 0.663. The first-order valence-electron chi connectivity index (χ1n) is 10.4. The first-order valence-corrected chi connectivity index (χ1v) is 10.4. The predicted molar refractivity (Wildman–Crippen MR) is 108 cm³/mol. The lowest BCUT2D eigenvalue weighted by Crippen LogP contribution is -2.05. The molecule has 0 radical (unpaired) electrons. The Balaban J connectivity index is 1.24. The maximum absolute atomic E-state index is 6.47. The standard InChI is InChI=1S/C23H24N4O2/c1-14-8-16(17-13-26-27-7-3-4-20(17)27)22(25-11-14)29-21-10-23(21)9-18(23)19-6-5-15(28-2)12-24-19/h5-6,8,11-13,18,21H,3-4,7,9-10H2,1-2H3/t18-,21-,23+/m1/s1. The van der Waals surface area contributed by atoms with Crippen molar-refractivity contribution >= 4 is 0 Å². The molecule has 148 valence electrons. The van der Waals surface area contributed by atoms with Crippen LogP contribution < -0.4 is 9.47 Å². The molecular formula is C23H24N4O2. The number of hydrogen-bond acceptors (Lipinski definition) is 5. The minimum absolute atomic E-state index is 0.217. The summed E-state index contributed by atoms with van der Waals surface area (Å²) < 4.78 is 13.8. The summed E-state index contributed by atoms with van der Waals surface area (Å²) in [5.74, 6) is 2.02. The van der Waals surface area contributed by atoms with Gasteiger partial charge in [-0.05, 0) is 56.4 Å². The van der Waals surface area contributed by atoms with Crippen LogP contribution in [0.1, 0.15) is 42.1 Å². The number of fused-ring (bicyclic) bond motifs is 1. The molecule has 0 saturated heterocycles. The lowest BCUT2D eigenvalue weighted by molar-refractivity contribution is 0.268. The number of methoxy groups -OCH3 is 1. The van der Waals surface area contributed by atoms with E-state index in [-0.39, 0.29) is 11.5 Å². The molecule has 4 heterocycles. The number of nitrogens with zero attached hydrogens (tertiary/aromatic N) is 4. The Labute approximate surface area is 169 Å². The van der Waals surface area contributed by atoms with E-state index in [9.17, 15) is 0 Å². The van der Waals surface area contributed by atoms with E-state index in [1.54, 1.807) is 13.3 Å². The average molecular weight is 388 g/mol. The van der Waals surface area contributed by atoms with Gasteiger partial charge in [0.2, 0.25) is 5.88 Å². The normalized spacial score (nSPS) is 26.4. The van der Waals surface area contributed by atoms with Crippen molar-refractivity contribution in [1.29, 1.82) is 0 Å². The molecule has 0 N–H and O–H groups in total. The summed E-state index contributed by atoms with van der Waals surface area (Å²) in [5, 5.41) is 4.56. The van der Waals surface area contributed by atoms with Crippen LogP contribution in [0.15, 0.2) is 36.8 Å². The zero-order valence-corrected chi connectivity index (χ0v) is 16.8. The summed E-state index contributed by atoms with van der Waals surface area (Å²) in [6.07, 6.45) is 10.3. The molecule has 6 rings (SSSR count). The van der Waals surface area contributed by atoms with Crippen LogP contribution in [-0.4, -0.2) is 33.0 Å². The maximum Gasteiger partial charge on any atom is 0.221 e. The highest BCUT2D eigenvalue weighted by Gasteiger charge is 2.73. The number of ether oxygens (including phenoxy) is 2. The third-order valence-electron chi connectivity index (χ3n) is 6.78. The molecular weight excluding hydrogens is 364 g/mol. The maximum atomic E-state index is 6.47. The summed E-state index contributed by atoms with van der Waals surface area (Å²) in [6.45, 7) is 3.09. The molecule has 0 bridgehead atoms. The van der Waals surface area contributed by atoms with Crippen LogP contribution in [-0.2, 0) is 13.0 Å². The molecule has 3 aromatic heterocycles. The molecule has 0 aromatic carbocycles. The van der Waals surface area contributed by atoms with Crippen LogP contribution in [0, 0.1) is 12.3 Å². The van der Waals surface area contributed by atoms with Crippen LogP contribution in [0.3, 0.4) is 0 Å². The Hall–Kier alpha value is -2.89. The van der Waals surface area contributed by atoms with Crippen molar-refractivity contribution in [2.45, 2.75) is 51.2 Å².